The van der Waals surface area contributed by atoms with Gasteiger partial charge in [0, 0.05) is 11.4 Å². The van der Waals surface area contributed by atoms with Gasteiger partial charge in [-0.2, -0.15) is 0 Å². The molecule has 2 aromatic rings. The van der Waals surface area contributed by atoms with E-state index < -0.39 is 0 Å². The Bertz CT molecular complexity index is 792. The minimum Gasteiger partial charge on any atom is -0.493 e. The largest absolute Gasteiger partial charge is 0.493 e. The highest BCUT2D eigenvalue weighted by Gasteiger charge is 2.12. The van der Waals surface area contributed by atoms with Crippen molar-refractivity contribution in [3.63, 3.8) is 0 Å². The molecule has 8 heteroatoms. The number of aryl methyl sites for hydroxylation is 2. The Hall–Kier alpha value is -1.99. The number of thiazole rings is 1. The van der Waals surface area contributed by atoms with Crippen molar-refractivity contribution in [2.24, 2.45) is 4.99 Å². The summed E-state index contributed by atoms with van der Waals surface area (Å²) in [5.41, 5.74) is 2.01. The normalized spacial score (nSPS) is 11.4. The second-order valence-corrected chi connectivity index (χ2v) is 7.53. The van der Waals surface area contributed by atoms with E-state index in [1.54, 1.807) is 18.4 Å². The van der Waals surface area contributed by atoms with Gasteiger partial charge in [-0.25, -0.2) is 9.98 Å². The van der Waals surface area contributed by atoms with Gasteiger partial charge in [0.2, 0.25) is 0 Å². The van der Waals surface area contributed by atoms with Gasteiger partial charge in [-0.05, 0) is 45.4 Å². The first-order valence-corrected chi connectivity index (χ1v) is 10.1. The Kier molecular flexibility index (Phi) is 8.19. The molecule has 0 aliphatic carbocycles. The number of ether oxygens (including phenoxy) is 2. The van der Waals surface area contributed by atoms with Crippen molar-refractivity contribution in [1.82, 2.24) is 15.6 Å². The van der Waals surface area contributed by atoms with Gasteiger partial charge in [0.05, 0.1) is 42.5 Å². The number of aliphatic imine (C=N–C) groups is 1. The molecular formula is C19H27ClN4O2S. The quantitative estimate of drug-likeness (QED) is 0.507. The maximum Gasteiger partial charge on any atom is 0.191 e. The highest BCUT2D eigenvalue weighted by atomic mass is 35.5. The highest BCUT2D eigenvalue weighted by molar-refractivity contribution is 7.11. The number of guanidine groups is 1. The fourth-order valence-corrected chi connectivity index (χ4v) is 3.73. The molecule has 0 bridgehead atoms. The topological polar surface area (TPSA) is 67.8 Å². The monoisotopic (exact) mass is 410 g/mol. The van der Waals surface area contributed by atoms with E-state index in [9.17, 15) is 0 Å². The van der Waals surface area contributed by atoms with Gasteiger partial charge in [0.15, 0.2) is 17.5 Å². The van der Waals surface area contributed by atoms with Gasteiger partial charge in [-0.15, -0.1) is 11.3 Å². The number of aromatic nitrogens is 1. The Morgan fingerprint density at radius 3 is 2.63 bits per heavy atom. The Morgan fingerprint density at radius 2 is 2.04 bits per heavy atom. The number of methoxy groups -OCH3 is 1. The first-order valence-electron chi connectivity index (χ1n) is 8.92. The van der Waals surface area contributed by atoms with Crippen LogP contribution in [-0.4, -0.2) is 31.2 Å². The molecule has 2 N–H and O–H groups in total. The third kappa shape index (κ3) is 6.01. The molecular weight excluding hydrogens is 384 g/mol. The second-order valence-electron chi connectivity index (χ2n) is 5.83. The molecule has 0 amide bonds. The number of nitrogens with zero attached hydrogens (tertiary/aromatic N) is 2. The molecule has 0 atom stereocenters. The minimum absolute atomic E-state index is 0.471. The van der Waals surface area contributed by atoms with Crippen molar-refractivity contribution in [2.45, 2.75) is 40.8 Å². The molecule has 0 unspecified atom stereocenters. The van der Waals surface area contributed by atoms with Crippen molar-refractivity contribution >= 4 is 28.9 Å². The van der Waals surface area contributed by atoms with Crippen LogP contribution >= 0.6 is 22.9 Å². The lowest BCUT2D eigenvalue weighted by molar-refractivity contribution is 0.311. The molecule has 0 fully saturated rings. The first-order chi connectivity index (χ1) is 13.0. The Balaban J connectivity index is 2.11. The summed E-state index contributed by atoms with van der Waals surface area (Å²) in [5.74, 6) is 1.92. The van der Waals surface area contributed by atoms with Crippen molar-refractivity contribution < 1.29 is 9.47 Å². The molecule has 0 aliphatic rings. The Morgan fingerprint density at radius 1 is 1.26 bits per heavy atom. The van der Waals surface area contributed by atoms with E-state index in [4.69, 9.17) is 21.1 Å². The van der Waals surface area contributed by atoms with Crippen LogP contribution in [0.25, 0.3) is 0 Å². The van der Waals surface area contributed by atoms with Crippen LogP contribution in [0.5, 0.6) is 11.5 Å². The predicted octanol–water partition coefficient (Wildman–Crippen LogP) is 4.08. The van der Waals surface area contributed by atoms with Crippen LogP contribution in [-0.2, 0) is 13.1 Å². The zero-order valence-corrected chi connectivity index (χ0v) is 18.1. The SMILES string of the molecule is CCNC(=NCc1cc(Cl)c(OCC)c(OC)c1)NCc1sc(C)nc1C. The number of hydrogen-bond donors (Lipinski definition) is 2. The third-order valence-electron chi connectivity index (χ3n) is 3.76. The van der Waals surface area contributed by atoms with E-state index in [1.807, 2.05) is 39.8 Å². The average Bonchev–Trinajstić information content (AvgIpc) is 2.96. The van der Waals surface area contributed by atoms with E-state index in [0.717, 1.165) is 28.8 Å². The van der Waals surface area contributed by atoms with E-state index in [2.05, 4.69) is 20.6 Å². The summed E-state index contributed by atoms with van der Waals surface area (Å²) in [6.07, 6.45) is 0. The van der Waals surface area contributed by atoms with Gasteiger partial charge in [-0.1, -0.05) is 11.6 Å². The molecule has 0 aliphatic heterocycles. The molecule has 27 heavy (non-hydrogen) atoms. The van der Waals surface area contributed by atoms with Crippen molar-refractivity contribution in [3.05, 3.63) is 38.3 Å². The molecule has 0 radical (unpaired) electrons. The van der Waals surface area contributed by atoms with Gasteiger partial charge in [0.25, 0.3) is 0 Å². The van der Waals surface area contributed by atoms with Gasteiger partial charge in [-0.3, -0.25) is 0 Å². The molecule has 2 rings (SSSR count). The van der Waals surface area contributed by atoms with E-state index >= 15 is 0 Å². The van der Waals surface area contributed by atoms with Crippen LogP contribution in [0, 0.1) is 13.8 Å². The standard InChI is InChI=1S/C19H27ClN4O2S/c1-6-21-19(23-11-17-12(3)24-13(4)27-17)22-10-14-8-15(20)18(26-7-2)16(9-14)25-5/h8-9H,6-7,10-11H2,1-5H3,(H2,21,22,23). The first kappa shape index (κ1) is 21.3. The molecule has 1 aromatic heterocycles. The summed E-state index contributed by atoms with van der Waals surface area (Å²) in [4.78, 5) is 10.3. The smallest absolute Gasteiger partial charge is 0.191 e. The fourth-order valence-electron chi connectivity index (χ4n) is 2.56. The lowest BCUT2D eigenvalue weighted by Gasteiger charge is -2.13. The maximum atomic E-state index is 6.34. The lowest BCUT2D eigenvalue weighted by atomic mass is 10.2. The summed E-state index contributed by atoms with van der Waals surface area (Å²) in [5, 5.41) is 8.21. The maximum absolute atomic E-state index is 6.34. The minimum atomic E-state index is 0.471. The van der Waals surface area contributed by atoms with Crippen LogP contribution in [0.15, 0.2) is 17.1 Å². The molecule has 1 heterocycles. The van der Waals surface area contributed by atoms with Crippen molar-refractivity contribution in [1.29, 1.82) is 0 Å². The highest BCUT2D eigenvalue weighted by Crippen LogP contribution is 2.36. The molecule has 148 valence electrons. The second kappa shape index (κ2) is 10.4. The van der Waals surface area contributed by atoms with Gasteiger partial charge in [0.1, 0.15) is 0 Å². The predicted molar refractivity (Wildman–Crippen MR) is 112 cm³/mol. The van der Waals surface area contributed by atoms with E-state index in [1.165, 1.54) is 4.88 Å². The zero-order valence-electron chi connectivity index (χ0n) is 16.5. The average molecular weight is 411 g/mol. The molecule has 1 aromatic carbocycles. The summed E-state index contributed by atoms with van der Waals surface area (Å²) < 4.78 is 11.0. The van der Waals surface area contributed by atoms with E-state index in [-0.39, 0.29) is 0 Å². The van der Waals surface area contributed by atoms with Crippen LogP contribution in [0.1, 0.15) is 35.0 Å². The number of halogens is 1. The molecule has 6 nitrogen and oxygen atoms in total. The van der Waals surface area contributed by atoms with Crippen LogP contribution in [0.3, 0.4) is 0 Å². The summed E-state index contributed by atoms with van der Waals surface area (Å²) in [6, 6.07) is 3.76. The molecule has 0 saturated carbocycles. The summed E-state index contributed by atoms with van der Waals surface area (Å²) >= 11 is 8.04. The van der Waals surface area contributed by atoms with Gasteiger partial charge < -0.3 is 20.1 Å². The third-order valence-corrected chi connectivity index (χ3v) is 5.11. The molecule has 0 saturated heterocycles. The van der Waals surface area contributed by atoms with Crippen LogP contribution in [0.2, 0.25) is 5.02 Å². The number of rotatable bonds is 8. The van der Waals surface area contributed by atoms with E-state index in [0.29, 0.717) is 36.2 Å². The van der Waals surface area contributed by atoms with Crippen molar-refractivity contribution in [3.8, 4) is 11.5 Å². The Labute approximate surface area is 170 Å². The summed E-state index contributed by atoms with van der Waals surface area (Å²) in [7, 11) is 1.60. The van der Waals surface area contributed by atoms with Gasteiger partial charge >= 0.3 is 0 Å². The van der Waals surface area contributed by atoms with Crippen molar-refractivity contribution in [2.75, 3.05) is 20.3 Å². The fraction of sp³-hybridized carbons (Fsp3) is 0.474. The lowest BCUT2D eigenvalue weighted by Crippen LogP contribution is -2.36. The molecule has 0 spiro atoms. The zero-order chi connectivity index (χ0) is 19.8. The van der Waals surface area contributed by atoms with Crippen LogP contribution in [0.4, 0.5) is 0 Å². The summed E-state index contributed by atoms with van der Waals surface area (Å²) in [6.45, 7) is 10.5. The number of hydrogen-bond acceptors (Lipinski definition) is 5. The number of benzene rings is 1. The number of nitrogens with one attached hydrogen (secondary N) is 2. The van der Waals surface area contributed by atoms with Crippen LogP contribution < -0.4 is 20.1 Å².